The highest BCUT2D eigenvalue weighted by atomic mass is 14.9. The molecule has 0 atom stereocenters. The first-order valence-corrected chi connectivity index (χ1v) is 16.9. The van der Waals surface area contributed by atoms with Crippen LogP contribution in [0.1, 0.15) is 0 Å². The summed E-state index contributed by atoms with van der Waals surface area (Å²) in [4.78, 5) is 14.9. The third-order valence-corrected chi connectivity index (χ3v) is 9.93. The first-order valence-electron chi connectivity index (χ1n) is 16.9. The molecular formula is C47H29N3. The largest absolute Gasteiger partial charge is 0.264 e. The second-order valence-electron chi connectivity index (χ2n) is 12.9. The number of pyridine rings is 1. The molecule has 2 aromatic heterocycles. The highest BCUT2D eigenvalue weighted by Crippen LogP contribution is 2.40. The Bertz CT molecular complexity index is 2840. The number of hydrogen-bond acceptors (Lipinski definition) is 3. The van der Waals surface area contributed by atoms with Crippen LogP contribution in [0.3, 0.4) is 0 Å². The van der Waals surface area contributed by atoms with Crippen LogP contribution < -0.4 is 0 Å². The fraction of sp³-hybridized carbons (Fsp3) is 0. The molecule has 8 aromatic carbocycles. The molecule has 0 saturated heterocycles. The summed E-state index contributed by atoms with van der Waals surface area (Å²) in [6.45, 7) is 0. The van der Waals surface area contributed by atoms with E-state index in [0.29, 0.717) is 5.82 Å². The Balaban J connectivity index is 1.16. The predicted molar refractivity (Wildman–Crippen MR) is 208 cm³/mol. The molecule has 10 aromatic rings. The van der Waals surface area contributed by atoms with Gasteiger partial charge in [0.15, 0.2) is 5.82 Å². The lowest BCUT2D eigenvalue weighted by Gasteiger charge is -2.15. The third kappa shape index (κ3) is 4.71. The van der Waals surface area contributed by atoms with Crippen LogP contribution in [0, 0.1) is 0 Å². The van der Waals surface area contributed by atoms with Crippen molar-refractivity contribution in [3.8, 4) is 56.2 Å². The lowest BCUT2D eigenvalue weighted by molar-refractivity contribution is 1.19. The first kappa shape index (κ1) is 28.3. The molecule has 0 aliphatic carbocycles. The summed E-state index contributed by atoms with van der Waals surface area (Å²) in [5, 5.41) is 9.97. The van der Waals surface area contributed by atoms with Crippen molar-refractivity contribution in [3.63, 3.8) is 0 Å². The molecule has 232 valence electrons. The maximum Gasteiger partial charge on any atom is 0.160 e. The van der Waals surface area contributed by atoms with E-state index in [4.69, 9.17) is 9.97 Å². The van der Waals surface area contributed by atoms with Crippen LogP contribution >= 0.6 is 0 Å². The van der Waals surface area contributed by atoms with Gasteiger partial charge < -0.3 is 0 Å². The van der Waals surface area contributed by atoms with E-state index in [0.717, 1.165) is 44.8 Å². The van der Waals surface area contributed by atoms with Crippen LogP contribution in [-0.2, 0) is 0 Å². The quantitative estimate of drug-likeness (QED) is 0.177. The van der Waals surface area contributed by atoms with Crippen molar-refractivity contribution < 1.29 is 0 Å². The molecule has 2 heterocycles. The van der Waals surface area contributed by atoms with Gasteiger partial charge in [0, 0.05) is 34.6 Å². The maximum absolute atomic E-state index is 5.29. The van der Waals surface area contributed by atoms with E-state index < -0.39 is 0 Å². The van der Waals surface area contributed by atoms with E-state index in [1.54, 1.807) is 6.20 Å². The zero-order valence-electron chi connectivity index (χ0n) is 27.1. The van der Waals surface area contributed by atoms with Crippen molar-refractivity contribution in [1.29, 1.82) is 0 Å². The molecule has 0 unspecified atom stereocenters. The van der Waals surface area contributed by atoms with Gasteiger partial charge in [-0.3, -0.25) is 4.98 Å². The Hall–Kier alpha value is -6.71. The number of hydrogen-bond donors (Lipinski definition) is 0. The zero-order valence-corrected chi connectivity index (χ0v) is 27.1. The van der Waals surface area contributed by atoms with Crippen molar-refractivity contribution in [3.05, 3.63) is 176 Å². The Morgan fingerprint density at radius 1 is 0.340 bits per heavy atom. The Labute approximate surface area is 289 Å². The summed E-state index contributed by atoms with van der Waals surface area (Å²) in [7, 11) is 0. The van der Waals surface area contributed by atoms with Crippen molar-refractivity contribution >= 4 is 43.1 Å². The predicted octanol–water partition coefficient (Wildman–Crippen LogP) is 12.3. The molecule has 0 saturated carbocycles. The normalized spacial score (nSPS) is 11.6. The van der Waals surface area contributed by atoms with Gasteiger partial charge in [0.1, 0.15) is 0 Å². The lowest BCUT2D eigenvalue weighted by atomic mass is 9.91. The molecule has 0 bridgehead atoms. The van der Waals surface area contributed by atoms with Crippen molar-refractivity contribution in [1.82, 2.24) is 15.0 Å². The van der Waals surface area contributed by atoms with Gasteiger partial charge in [-0.25, -0.2) is 9.97 Å². The maximum atomic E-state index is 5.29. The monoisotopic (exact) mass is 635 g/mol. The third-order valence-electron chi connectivity index (χ3n) is 9.93. The average Bonchev–Trinajstić information content (AvgIpc) is 3.20. The number of aromatic nitrogens is 3. The topological polar surface area (TPSA) is 38.7 Å². The molecular weight excluding hydrogens is 607 g/mol. The Kier molecular flexibility index (Phi) is 6.49. The number of nitrogens with zero attached hydrogens (tertiary/aromatic N) is 3. The van der Waals surface area contributed by atoms with Crippen LogP contribution in [0.25, 0.3) is 99.2 Å². The van der Waals surface area contributed by atoms with E-state index in [1.807, 2.05) is 12.3 Å². The smallest absolute Gasteiger partial charge is 0.160 e. The highest BCUT2D eigenvalue weighted by molar-refractivity contribution is 6.25. The molecule has 3 nitrogen and oxygen atoms in total. The summed E-state index contributed by atoms with van der Waals surface area (Å²) in [6, 6.07) is 58.3. The van der Waals surface area contributed by atoms with E-state index in [-0.39, 0.29) is 0 Å². The number of fused-ring (bicyclic) bond motifs is 1. The molecule has 50 heavy (non-hydrogen) atoms. The standard InChI is InChI=1S/C47H29N3/c1-2-14-39-30(7-1)8-5-15-40(39)31-16-20-35(21-17-31)47-49-43(37-12-4-11-36(27-37)38-13-6-26-48-29-38)28-44(50-47)41-24-22-34-19-18-32-9-3-10-33-23-25-42(41)46(34)45(32)33/h1-29H. The fourth-order valence-corrected chi connectivity index (χ4v) is 7.49. The second-order valence-corrected chi connectivity index (χ2v) is 12.9. The molecule has 0 spiro atoms. The molecule has 0 N–H and O–H groups in total. The number of rotatable bonds is 5. The zero-order chi connectivity index (χ0) is 33.0. The van der Waals surface area contributed by atoms with Gasteiger partial charge in [0.2, 0.25) is 0 Å². The fourth-order valence-electron chi connectivity index (χ4n) is 7.49. The first-order chi connectivity index (χ1) is 24.8. The summed E-state index contributed by atoms with van der Waals surface area (Å²) < 4.78 is 0. The minimum Gasteiger partial charge on any atom is -0.264 e. The van der Waals surface area contributed by atoms with E-state index in [1.165, 1.54) is 48.7 Å². The Morgan fingerprint density at radius 3 is 1.86 bits per heavy atom. The van der Waals surface area contributed by atoms with Crippen molar-refractivity contribution in [2.24, 2.45) is 0 Å². The molecule has 0 radical (unpaired) electrons. The molecule has 10 rings (SSSR count). The van der Waals surface area contributed by atoms with Crippen LogP contribution in [0.5, 0.6) is 0 Å². The van der Waals surface area contributed by atoms with Gasteiger partial charge in [-0.2, -0.15) is 0 Å². The van der Waals surface area contributed by atoms with Gasteiger partial charge in [-0.1, -0.05) is 146 Å². The second kappa shape index (κ2) is 11.5. The lowest BCUT2D eigenvalue weighted by Crippen LogP contribution is -1.97. The molecule has 3 heteroatoms. The molecule has 0 aliphatic heterocycles. The minimum atomic E-state index is 0.694. The summed E-state index contributed by atoms with van der Waals surface area (Å²) in [5.41, 5.74) is 9.41. The van der Waals surface area contributed by atoms with Gasteiger partial charge in [0.25, 0.3) is 0 Å². The van der Waals surface area contributed by atoms with Gasteiger partial charge >= 0.3 is 0 Å². The average molecular weight is 636 g/mol. The van der Waals surface area contributed by atoms with Crippen LogP contribution in [-0.4, -0.2) is 15.0 Å². The van der Waals surface area contributed by atoms with E-state index in [9.17, 15) is 0 Å². The summed E-state index contributed by atoms with van der Waals surface area (Å²) >= 11 is 0. The van der Waals surface area contributed by atoms with Crippen molar-refractivity contribution in [2.75, 3.05) is 0 Å². The van der Waals surface area contributed by atoms with Gasteiger partial charge in [-0.05, 0) is 78.0 Å². The van der Waals surface area contributed by atoms with E-state index >= 15 is 0 Å². The van der Waals surface area contributed by atoms with Crippen LogP contribution in [0.2, 0.25) is 0 Å². The summed E-state index contributed by atoms with van der Waals surface area (Å²) in [6.07, 6.45) is 3.71. The minimum absolute atomic E-state index is 0.694. The molecule has 0 amide bonds. The van der Waals surface area contributed by atoms with Gasteiger partial charge in [0.05, 0.1) is 11.4 Å². The van der Waals surface area contributed by atoms with Crippen LogP contribution in [0.15, 0.2) is 176 Å². The molecule has 0 fully saturated rings. The summed E-state index contributed by atoms with van der Waals surface area (Å²) in [5.74, 6) is 0.694. The molecule has 0 aliphatic rings. The highest BCUT2D eigenvalue weighted by Gasteiger charge is 2.16. The van der Waals surface area contributed by atoms with Crippen LogP contribution in [0.4, 0.5) is 0 Å². The SMILES string of the molecule is c1cncc(-c2cccc(-c3cc(-c4ccc5ccc6cccc7ccc4c5c67)nc(-c4ccc(-c5cccc6ccccc56)cc4)n3)c2)c1. The van der Waals surface area contributed by atoms with Gasteiger partial charge in [-0.15, -0.1) is 0 Å². The Morgan fingerprint density at radius 2 is 1.00 bits per heavy atom. The van der Waals surface area contributed by atoms with Crippen molar-refractivity contribution in [2.45, 2.75) is 0 Å². The van der Waals surface area contributed by atoms with E-state index in [2.05, 4.69) is 163 Å². The number of benzene rings is 8.